The summed E-state index contributed by atoms with van der Waals surface area (Å²) in [5.41, 5.74) is 3.26. The van der Waals surface area contributed by atoms with Gasteiger partial charge in [0.05, 0.1) is 25.1 Å². The summed E-state index contributed by atoms with van der Waals surface area (Å²) in [6.07, 6.45) is 1.03. The van der Waals surface area contributed by atoms with Gasteiger partial charge in [0.25, 0.3) is 0 Å². The maximum atomic E-state index is 11.7. The van der Waals surface area contributed by atoms with Gasteiger partial charge in [-0.05, 0) is 24.3 Å². The number of halogens is 2. The maximum Gasteiger partial charge on any atom is 0.350 e. The van der Waals surface area contributed by atoms with Crippen molar-refractivity contribution < 1.29 is 24.2 Å². The predicted octanol–water partition coefficient (Wildman–Crippen LogP) is 5.96. The predicted molar refractivity (Wildman–Crippen MR) is 141 cm³/mol. The van der Waals surface area contributed by atoms with Crippen LogP contribution >= 0.6 is 45.9 Å². The summed E-state index contributed by atoms with van der Waals surface area (Å²) in [5.74, 6) is -0.690. The molecule has 0 radical (unpaired) electrons. The molecule has 0 saturated carbocycles. The Balaban J connectivity index is 0.000000170. The molecular formula is C25H20Cl2N2O5S2. The molecular weight excluding hydrogens is 543 g/mol. The number of fused-ring (bicyclic) bond motifs is 1. The number of rotatable bonds is 5. The number of carbonyl (C=O) groups excluding carboxylic acids is 2. The number of aliphatic hydroxyl groups excluding tert-OH is 1. The van der Waals surface area contributed by atoms with Crippen molar-refractivity contribution in [3.05, 3.63) is 79.7 Å². The smallest absolute Gasteiger partial charge is 0.350 e. The molecule has 4 aromatic rings. The van der Waals surface area contributed by atoms with Crippen molar-refractivity contribution in [2.45, 2.75) is 12.8 Å². The second-order valence-corrected chi connectivity index (χ2v) is 10.3. The molecule has 0 fully saturated rings. The lowest BCUT2D eigenvalue weighted by molar-refractivity contribution is 0.0484. The molecule has 36 heavy (non-hydrogen) atoms. The number of hydrogen-bond donors (Lipinski definition) is 1. The van der Waals surface area contributed by atoms with Crippen LogP contribution in [0.3, 0.4) is 0 Å². The fourth-order valence-corrected chi connectivity index (χ4v) is 5.60. The molecule has 3 heterocycles. The number of benzene rings is 2. The number of ether oxygens (including phenoxy) is 2. The summed E-state index contributed by atoms with van der Waals surface area (Å²) in [5, 5.41) is 11.9. The number of aliphatic hydroxyl groups is 1. The van der Waals surface area contributed by atoms with E-state index in [0.29, 0.717) is 49.9 Å². The van der Waals surface area contributed by atoms with Gasteiger partial charge >= 0.3 is 11.9 Å². The second-order valence-electron chi connectivity index (χ2n) is 7.45. The molecule has 0 aliphatic carbocycles. The van der Waals surface area contributed by atoms with E-state index in [0.717, 1.165) is 21.8 Å². The molecule has 0 bridgehead atoms. The number of methoxy groups -OCH3 is 1. The van der Waals surface area contributed by atoms with Crippen LogP contribution in [-0.4, -0.2) is 47.3 Å². The first kappa shape index (κ1) is 26.2. The molecule has 0 atom stereocenters. The van der Waals surface area contributed by atoms with E-state index in [1.54, 1.807) is 12.1 Å². The first-order valence-electron chi connectivity index (χ1n) is 10.8. The van der Waals surface area contributed by atoms with Crippen LogP contribution in [0.5, 0.6) is 0 Å². The molecule has 186 valence electrons. The highest BCUT2D eigenvalue weighted by molar-refractivity contribution is 7.17. The largest absolute Gasteiger partial charge is 0.465 e. The Morgan fingerprint density at radius 2 is 1.58 bits per heavy atom. The van der Waals surface area contributed by atoms with Gasteiger partial charge in [-0.1, -0.05) is 47.5 Å². The Hall–Kier alpha value is -2.82. The van der Waals surface area contributed by atoms with Crippen molar-refractivity contribution in [3.63, 3.8) is 0 Å². The van der Waals surface area contributed by atoms with Gasteiger partial charge in [-0.15, -0.1) is 22.7 Å². The summed E-state index contributed by atoms with van der Waals surface area (Å²) in [4.78, 5) is 33.1. The van der Waals surface area contributed by atoms with E-state index >= 15 is 0 Å². The minimum absolute atomic E-state index is 0.0617. The monoisotopic (exact) mass is 562 g/mol. The van der Waals surface area contributed by atoms with Gasteiger partial charge in [-0.25, -0.2) is 19.6 Å². The lowest BCUT2D eigenvalue weighted by Gasteiger charge is -2.08. The van der Waals surface area contributed by atoms with E-state index in [4.69, 9.17) is 37.8 Å². The Morgan fingerprint density at radius 1 is 1.00 bits per heavy atom. The minimum Gasteiger partial charge on any atom is -0.465 e. The summed E-state index contributed by atoms with van der Waals surface area (Å²) in [6.45, 7) is 0.364. The van der Waals surface area contributed by atoms with Gasteiger partial charge in [-0.3, -0.25) is 0 Å². The van der Waals surface area contributed by atoms with E-state index in [-0.39, 0.29) is 12.6 Å². The molecule has 0 unspecified atom stereocenters. The Bertz CT molecular complexity index is 1370. The highest BCUT2D eigenvalue weighted by atomic mass is 35.5. The van der Waals surface area contributed by atoms with Crippen molar-refractivity contribution in [2.24, 2.45) is 0 Å². The average Bonchev–Trinajstić information content (AvgIpc) is 3.51. The van der Waals surface area contributed by atoms with Gasteiger partial charge in [-0.2, -0.15) is 0 Å². The quantitative estimate of drug-likeness (QED) is 0.299. The van der Waals surface area contributed by atoms with Crippen LogP contribution in [0.25, 0.3) is 21.1 Å². The van der Waals surface area contributed by atoms with Gasteiger partial charge < -0.3 is 14.6 Å². The molecule has 0 saturated heterocycles. The third-order valence-electron chi connectivity index (χ3n) is 5.05. The SMILES string of the molecule is COC(=O)c1sc(-c2ccc(Cl)cc2)nc1CCO.O=C1OCCc2nc(-c3ccc(Cl)cc3)sc21. The van der Waals surface area contributed by atoms with Gasteiger partial charge in [0, 0.05) is 40.6 Å². The second kappa shape index (κ2) is 11.9. The van der Waals surface area contributed by atoms with E-state index < -0.39 is 5.97 Å². The van der Waals surface area contributed by atoms with E-state index in [1.165, 1.54) is 29.8 Å². The van der Waals surface area contributed by atoms with Crippen LogP contribution in [0.4, 0.5) is 0 Å². The summed E-state index contributed by atoms with van der Waals surface area (Å²) in [7, 11) is 1.33. The van der Waals surface area contributed by atoms with E-state index in [9.17, 15) is 9.59 Å². The molecule has 0 amide bonds. The lowest BCUT2D eigenvalue weighted by Crippen LogP contribution is -2.15. The molecule has 2 aromatic heterocycles. The highest BCUT2D eigenvalue weighted by Gasteiger charge is 2.24. The lowest BCUT2D eigenvalue weighted by atomic mass is 10.2. The number of aromatic nitrogens is 2. The first-order valence-corrected chi connectivity index (χ1v) is 13.2. The standard InChI is InChI=1S/C13H12ClNO3S.C12H8ClNO2S/c1-18-13(17)11-10(6-7-16)15-12(19-11)8-2-4-9(14)5-3-8;13-8-3-1-7(2-4-8)11-14-9-5-6-16-12(15)10(9)17-11/h2-5,16H,6-7H2,1H3;1-4H,5-6H2. The third-order valence-corrected chi connectivity index (χ3v) is 7.81. The number of esters is 2. The molecule has 1 aliphatic rings. The Kier molecular flexibility index (Phi) is 8.71. The fourth-order valence-electron chi connectivity index (χ4n) is 3.30. The number of carbonyl (C=O) groups is 2. The molecule has 0 spiro atoms. The van der Waals surface area contributed by atoms with Crippen LogP contribution in [0, 0.1) is 0 Å². The van der Waals surface area contributed by atoms with Crippen molar-refractivity contribution in [2.75, 3.05) is 20.3 Å². The van der Waals surface area contributed by atoms with Gasteiger partial charge in [0.15, 0.2) is 0 Å². The fraction of sp³-hybridized carbons (Fsp3) is 0.200. The third kappa shape index (κ3) is 6.11. The zero-order chi connectivity index (χ0) is 25.7. The summed E-state index contributed by atoms with van der Waals surface area (Å²) >= 11 is 14.3. The molecule has 2 aromatic carbocycles. The molecule has 11 heteroatoms. The normalized spacial score (nSPS) is 12.3. The zero-order valence-corrected chi connectivity index (χ0v) is 22.1. The zero-order valence-electron chi connectivity index (χ0n) is 19.0. The first-order chi connectivity index (χ1) is 17.4. The Labute approximate surface area is 225 Å². The highest BCUT2D eigenvalue weighted by Crippen LogP contribution is 2.32. The summed E-state index contributed by atoms with van der Waals surface area (Å²) in [6, 6.07) is 14.6. The van der Waals surface area contributed by atoms with Crippen molar-refractivity contribution in [3.8, 4) is 21.1 Å². The van der Waals surface area contributed by atoms with Crippen LogP contribution in [-0.2, 0) is 22.3 Å². The number of cyclic esters (lactones) is 1. The minimum atomic E-state index is -0.429. The number of thiazole rings is 2. The van der Waals surface area contributed by atoms with Crippen LogP contribution in [0.2, 0.25) is 10.0 Å². The van der Waals surface area contributed by atoms with Gasteiger partial charge in [0.2, 0.25) is 0 Å². The maximum absolute atomic E-state index is 11.7. The van der Waals surface area contributed by atoms with Gasteiger partial charge in [0.1, 0.15) is 19.8 Å². The molecule has 5 rings (SSSR count). The average molecular weight is 563 g/mol. The molecule has 7 nitrogen and oxygen atoms in total. The number of hydrogen-bond acceptors (Lipinski definition) is 9. The van der Waals surface area contributed by atoms with E-state index in [1.807, 2.05) is 36.4 Å². The van der Waals surface area contributed by atoms with Crippen molar-refractivity contribution >= 4 is 57.8 Å². The van der Waals surface area contributed by atoms with Crippen LogP contribution in [0.15, 0.2) is 48.5 Å². The molecule has 1 aliphatic heterocycles. The Morgan fingerprint density at radius 3 is 2.11 bits per heavy atom. The topological polar surface area (TPSA) is 98.6 Å². The van der Waals surface area contributed by atoms with Crippen molar-refractivity contribution in [1.82, 2.24) is 9.97 Å². The molecule has 1 N–H and O–H groups in total. The van der Waals surface area contributed by atoms with E-state index in [2.05, 4.69) is 9.97 Å². The van der Waals surface area contributed by atoms with Crippen molar-refractivity contribution in [1.29, 1.82) is 0 Å². The van der Waals surface area contributed by atoms with Crippen LogP contribution < -0.4 is 0 Å². The summed E-state index contributed by atoms with van der Waals surface area (Å²) < 4.78 is 9.70. The van der Waals surface area contributed by atoms with Crippen LogP contribution in [0.1, 0.15) is 30.7 Å². The number of nitrogens with zero attached hydrogens (tertiary/aromatic N) is 2.